The summed E-state index contributed by atoms with van der Waals surface area (Å²) >= 11 is 0. The van der Waals surface area contributed by atoms with E-state index in [1.54, 1.807) is 0 Å². The van der Waals surface area contributed by atoms with E-state index in [4.69, 9.17) is 0 Å². The van der Waals surface area contributed by atoms with Crippen molar-refractivity contribution in [1.82, 2.24) is 9.88 Å². The normalized spacial score (nSPS) is 20.2. The Labute approximate surface area is 108 Å². The van der Waals surface area contributed by atoms with Gasteiger partial charge in [-0.25, -0.2) is 0 Å². The quantitative estimate of drug-likeness (QED) is 0.796. The van der Waals surface area contributed by atoms with Gasteiger partial charge in [0.2, 0.25) is 0 Å². The van der Waals surface area contributed by atoms with Crippen molar-refractivity contribution in [2.45, 2.75) is 18.9 Å². The lowest BCUT2D eigenvalue weighted by Gasteiger charge is -2.19. The number of hydrogen-bond donors (Lipinski definition) is 0. The first kappa shape index (κ1) is 11.4. The van der Waals surface area contributed by atoms with Crippen molar-refractivity contribution in [1.29, 1.82) is 0 Å². The Bertz CT molecular complexity index is 522. The van der Waals surface area contributed by atoms with Crippen LogP contribution in [0.4, 0.5) is 0 Å². The van der Waals surface area contributed by atoms with Crippen molar-refractivity contribution < 1.29 is 0 Å². The van der Waals surface area contributed by atoms with E-state index in [2.05, 4.69) is 47.3 Å². The van der Waals surface area contributed by atoms with Gasteiger partial charge in [0.15, 0.2) is 0 Å². The number of pyridine rings is 1. The van der Waals surface area contributed by atoms with Crippen LogP contribution in [0.25, 0.3) is 11.1 Å². The van der Waals surface area contributed by atoms with Crippen LogP contribution >= 0.6 is 0 Å². The van der Waals surface area contributed by atoms with Crippen LogP contribution in [0.15, 0.2) is 48.8 Å². The fourth-order valence-corrected chi connectivity index (χ4v) is 2.76. The summed E-state index contributed by atoms with van der Waals surface area (Å²) in [6, 6.07) is 13.3. The van der Waals surface area contributed by atoms with Gasteiger partial charge in [0.05, 0.1) is 0 Å². The molecule has 0 N–H and O–H groups in total. The molecule has 1 fully saturated rings. The van der Waals surface area contributed by atoms with E-state index in [0.29, 0.717) is 6.04 Å². The molecule has 1 aliphatic rings. The second-order valence-corrected chi connectivity index (χ2v) is 5.01. The largest absolute Gasteiger partial charge is 0.299 e. The van der Waals surface area contributed by atoms with Crippen LogP contribution in [-0.2, 0) is 0 Å². The minimum Gasteiger partial charge on any atom is -0.299 e. The zero-order valence-electron chi connectivity index (χ0n) is 10.7. The van der Waals surface area contributed by atoms with Gasteiger partial charge in [0, 0.05) is 24.0 Å². The highest BCUT2D eigenvalue weighted by atomic mass is 15.1. The van der Waals surface area contributed by atoms with Gasteiger partial charge >= 0.3 is 0 Å². The van der Waals surface area contributed by atoms with Gasteiger partial charge in [0.25, 0.3) is 0 Å². The first-order chi connectivity index (χ1) is 8.84. The lowest BCUT2D eigenvalue weighted by Crippen LogP contribution is -2.17. The SMILES string of the molecule is CN1CCCC1c1cncc(-c2ccccc2)c1. The van der Waals surface area contributed by atoms with E-state index in [9.17, 15) is 0 Å². The average Bonchev–Trinajstić information content (AvgIpc) is 2.86. The highest BCUT2D eigenvalue weighted by Crippen LogP contribution is 2.31. The molecule has 0 radical (unpaired) electrons. The molecule has 18 heavy (non-hydrogen) atoms. The molecule has 2 heteroatoms. The molecule has 0 aliphatic carbocycles. The zero-order valence-corrected chi connectivity index (χ0v) is 10.7. The van der Waals surface area contributed by atoms with Crippen LogP contribution in [0.2, 0.25) is 0 Å². The number of rotatable bonds is 2. The Hall–Kier alpha value is -1.67. The maximum absolute atomic E-state index is 4.41. The summed E-state index contributed by atoms with van der Waals surface area (Å²) in [6.45, 7) is 1.19. The molecular formula is C16H18N2. The number of aromatic nitrogens is 1. The van der Waals surface area contributed by atoms with Crippen molar-refractivity contribution in [3.8, 4) is 11.1 Å². The molecule has 0 saturated carbocycles. The average molecular weight is 238 g/mol. The minimum atomic E-state index is 0.543. The Kier molecular flexibility index (Phi) is 3.11. The van der Waals surface area contributed by atoms with Gasteiger partial charge in [-0.1, -0.05) is 30.3 Å². The third kappa shape index (κ3) is 2.16. The molecule has 3 rings (SSSR count). The molecule has 1 aliphatic heterocycles. The highest BCUT2D eigenvalue weighted by molar-refractivity contribution is 5.62. The third-order valence-electron chi connectivity index (χ3n) is 3.77. The Balaban J connectivity index is 1.94. The second kappa shape index (κ2) is 4.91. The summed E-state index contributed by atoms with van der Waals surface area (Å²) in [7, 11) is 2.20. The lowest BCUT2D eigenvalue weighted by molar-refractivity contribution is 0.317. The van der Waals surface area contributed by atoms with Crippen LogP contribution in [0.5, 0.6) is 0 Å². The van der Waals surface area contributed by atoms with Crippen LogP contribution in [-0.4, -0.2) is 23.5 Å². The third-order valence-corrected chi connectivity index (χ3v) is 3.77. The molecule has 1 aromatic carbocycles. The van der Waals surface area contributed by atoms with E-state index >= 15 is 0 Å². The van der Waals surface area contributed by atoms with Crippen LogP contribution in [0.1, 0.15) is 24.4 Å². The Morgan fingerprint density at radius 1 is 1.11 bits per heavy atom. The summed E-state index contributed by atoms with van der Waals surface area (Å²) in [5, 5.41) is 0. The van der Waals surface area contributed by atoms with Crippen molar-refractivity contribution in [2.24, 2.45) is 0 Å². The first-order valence-electron chi connectivity index (χ1n) is 6.55. The van der Waals surface area contributed by atoms with Gasteiger partial charge in [0.1, 0.15) is 0 Å². The number of hydrogen-bond acceptors (Lipinski definition) is 2. The van der Waals surface area contributed by atoms with Gasteiger partial charge in [-0.05, 0) is 43.6 Å². The van der Waals surface area contributed by atoms with Crippen LogP contribution in [0.3, 0.4) is 0 Å². The van der Waals surface area contributed by atoms with E-state index < -0.39 is 0 Å². The molecule has 1 unspecified atom stereocenters. The van der Waals surface area contributed by atoms with Gasteiger partial charge < -0.3 is 0 Å². The Morgan fingerprint density at radius 2 is 1.94 bits per heavy atom. The summed E-state index contributed by atoms with van der Waals surface area (Å²) < 4.78 is 0. The van der Waals surface area contributed by atoms with Gasteiger partial charge in [-0.15, -0.1) is 0 Å². The van der Waals surface area contributed by atoms with E-state index in [1.807, 2.05) is 18.5 Å². The molecular weight excluding hydrogens is 220 g/mol. The molecule has 92 valence electrons. The molecule has 0 bridgehead atoms. The molecule has 0 amide bonds. The van der Waals surface area contributed by atoms with Crippen molar-refractivity contribution >= 4 is 0 Å². The predicted molar refractivity (Wildman–Crippen MR) is 74.3 cm³/mol. The van der Waals surface area contributed by atoms with Crippen molar-refractivity contribution in [2.75, 3.05) is 13.6 Å². The number of benzene rings is 1. The monoisotopic (exact) mass is 238 g/mol. The van der Waals surface area contributed by atoms with E-state index in [1.165, 1.54) is 36.1 Å². The molecule has 1 aromatic heterocycles. The predicted octanol–water partition coefficient (Wildman–Crippen LogP) is 3.52. The summed E-state index contributed by atoms with van der Waals surface area (Å²) in [5.41, 5.74) is 3.80. The van der Waals surface area contributed by atoms with Crippen molar-refractivity contribution in [3.05, 3.63) is 54.4 Å². The van der Waals surface area contributed by atoms with Crippen molar-refractivity contribution in [3.63, 3.8) is 0 Å². The molecule has 2 nitrogen and oxygen atoms in total. The summed E-state index contributed by atoms with van der Waals surface area (Å²) in [5.74, 6) is 0. The molecule has 0 spiro atoms. The summed E-state index contributed by atoms with van der Waals surface area (Å²) in [4.78, 5) is 6.84. The zero-order chi connectivity index (χ0) is 12.4. The molecule has 2 heterocycles. The maximum atomic E-state index is 4.41. The van der Waals surface area contributed by atoms with Gasteiger partial charge in [-0.3, -0.25) is 9.88 Å². The topological polar surface area (TPSA) is 16.1 Å². The first-order valence-corrected chi connectivity index (χ1v) is 6.55. The molecule has 1 saturated heterocycles. The van der Waals surface area contributed by atoms with E-state index in [-0.39, 0.29) is 0 Å². The smallest absolute Gasteiger partial charge is 0.0361 e. The lowest BCUT2D eigenvalue weighted by atomic mass is 10.0. The fraction of sp³-hybridized carbons (Fsp3) is 0.312. The van der Waals surface area contributed by atoms with Gasteiger partial charge in [-0.2, -0.15) is 0 Å². The standard InChI is InChI=1S/C16H18N2/c1-18-9-5-8-16(18)15-10-14(11-17-12-15)13-6-3-2-4-7-13/h2-4,6-7,10-12,16H,5,8-9H2,1H3. The second-order valence-electron chi connectivity index (χ2n) is 5.01. The maximum Gasteiger partial charge on any atom is 0.0361 e. The number of nitrogens with zero attached hydrogens (tertiary/aromatic N) is 2. The Morgan fingerprint density at radius 3 is 2.67 bits per heavy atom. The van der Waals surface area contributed by atoms with Crippen LogP contribution in [0, 0.1) is 0 Å². The molecule has 1 atom stereocenters. The fourth-order valence-electron chi connectivity index (χ4n) is 2.76. The minimum absolute atomic E-state index is 0.543. The summed E-state index contributed by atoms with van der Waals surface area (Å²) in [6.07, 6.45) is 6.50. The highest BCUT2D eigenvalue weighted by Gasteiger charge is 2.22. The van der Waals surface area contributed by atoms with Crippen LogP contribution < -0.4 is 0 Å². The number of likely N-dealkylation sites (tertiary alicyclic amines) is 1. The van der Waals surface area contributed by atoms with E-state index in [0.717, 1.165) is 0 Å². The molecule has 2 aromatic rings.